The molecule has 0 unspecified atom stereocenters. The highest BCUT2D eigenvalue weighted by Crippen LogP contribution is 2.36. The third kappa shape index (κ3) is 4.56. The number of nitrogens with one attached hydrogen (secondary N) is 2. The van der Waals surface area contributed by atoms with Crippen molar-refractivity contribution in [3.8, 4) is 29.0 Å². The molecule has 37 heavy (non-hydrogen) atoms. The standard InChI is InChI=1S/C27H26FN5O4/c1-3-5-24(34)32-13-10-17(32)16-37-23-14-29-11-8-21(23)33-15-20(25-22(33)9-12-30-27(25)35)31-19-7-4-6-18(28)26(19)36-2/h4,6-8,11,14-15,17,31H,9-10,12-13,16H2,1-2H3,(H,30,35)/t17-/m0/s1. The number of likely N-dealkylation sites (tertiary alicyclic amines) is 1. The number of carbonyl (C=O) groups is 2. The third-order valence-electron chi connectivity index (χ3n) is 6.51. The van der Waals surface area contributed by atoms with E-state index in [1.807, 2.05) is 4.57 Å². The summed E-state index contributed by atoms with van der Waals surface area (Å²) in [5, 5.41) is 6.05. The Hall–Kier alpha value is -4.52. The Morgan fingerprint density at radius 1 is 1.32 bits per heavy atom. The van der Waals surface area contributed by atoms with Crippen molar-refractivity contribution in [1.29, 1.82) is 0 Å². The molecule has 2 N–H and O–H groups in total. The lowest BCUT2D eigenvalue weighted by molar-refractivity contribution is -0.133. The summed E-state index contributed by atoms with van der Waals surface area (Å²) in [5.74, 6) is 4.84. The van der Waals surface area contributed by atoms with Crippen LogP contribution in [0.2, 0.25) is 0 Å². The number of pyridine rings is 1. The van der Waals surface area contributed by atoms with Crippen molar-refractivity contribution in [2.24, 2.45) is 0 Å². The van der Waals surface area contributed by atoms with Crippen molar-refractivity contribution in [2.75, 3.05) is 32.1 Å². The molecule has 2 aliphatic rings. The van der Waals surface area contributed by atoms with Crippen LogP contribution in [0, 0.1) is 17.7 Å². The first kappa shape index (κ1) is 24.2. The monoisotopic (exact) mass is 503 g/mol. The van der Waals surface area contributed by atoms with Crippen LogP contribution in [0.3, 0.4) is 0 Å². The number of ether oxygens (including phenoxy) is 2. The van der Waals surface area contributed by atoms with Gasteiger partial charge < -0.3 is 29.6 Å². The molecule has 3 aromatic rings. The molecule has 0 saturated carbocycles. The van der Waals surface area contributed by atoms with Crippen LogP contribution < -0.4 is 20.1 Å². The van der Waals surface area contributed by atoms with Gasteiger partial charge in [-0.1, -0.05) is 12.0 Å². The summed E-state index contributed by atoms with van der Waals surface area (Å²) in [4.78, 5) is 31.0. The van der Waals surface area contributed by atoms with Gasteiger partial charge in [0.2, 0.25) is 0 Å². The van der Waals surface area contributed by atoms with Crippen LogP contribution in [0.4, 0.5) is 15.8 Å². The van der Waals surface area contributed by atoms with Gasteiger partial charge in [-0.05, 0) is 37.5 Å². The van der Waals surface area contributed by atoms with Gasteiger partial charge in [-0.2, -0.15) is 0 Å². The number of para-hydroxylation sites is 1. The van der Waals surface area contributed by atoms with Gasteiger partial charge >= 0.3 is 0 Å². The van der Waals surface area contributed by atoms with Crippen LogP contribution in [0.25, 0.3) is 5.69 Å². The van der Waals surface area contributed by atoms with Gasteiger partial charge in [0.1, 0.15) is 6.61 Å². The summed E-state index contributed by atoms with van der Waals surface area (Å²) in [5.41, 5.74) is 2.86. The number of rotatable bonds is 7. The maximum Gasteiger partial charge on any atom is 0.298 e. The lowest BCUT2D eigenvalue weighted by atomic mass is 10.0. The predicted octanol–water partition coefficient (Wildman–Crippen LogP) is 3.05. The topological polar surface area (TPSA) is 97.7 Å². The second-order valence-electron chi connectivity index (χ2n) is 8.66. The zero-order valence-corrected chi connectivity index (χ0v) is 20.5. The Balaban J connectivity index is 1.47. The Morgan fingerprint density at radius 3 is 2.95 bits per heavy atom. The summed E-state index contributed by atoms with van der Waals surface area (Å²) >= 11 is 0. The molecule has 0 spiro atoms. The fourth-order valence-electron chi connectivity index (χ4n) is 4.63. The highest BCUT2D eigenvalue weighted by molar-refractivity contribution is 6.03. The average molecular weight is 504 g/mol. The molecular formula is C27H26FN5O4. The smallest absolute Gasteiger partial charge is 0.298 e. The van der Waals surface area contributed by atoms with E-state index >= 15 is 0 Å². The van der Waals surface area contributed by atoms with Crippen molar-refractivity contribution in [2.45, 2.75) is 25.8 Å². The first-order chi connectivity index (χ1) is 18.0. The van der Waals surface area contributed by atoms with Crippen LogP contribution in [-0.4, -0.2) is 59.1 Å². The molecular weight excluding hydrogens is 477 g/mol. The minimum absolute atomic E-state index is 0.0560. The first-order valence-electron chi connectivity index (χ1n) is 11.9. The molecule has 1 atom stereocenters. The Labute approximate surface area is 213 Å². The summed E-state index contributed by atoms with van der Waals surface area (Å²) in [6.07, 6.45) is 6.47. The molecule has 1 aromatic carbocycles. The van der Waals surface area contributed by atoms with Crippen LogP contribution in [-0.2, 0) is 11.2 Å². The van der Waals surface area contributed by atoms with Crippen molar-refractivity contribution in [1.82, 2.24) is 19.8 Å². The molecule has 2 amide bonds. The molecule has 10 heteroatoms. The normalized spacial score (nSPS) is 16.0. The van der Waals surface area contributed by atoms with Crippen LogP contribution in [0.5, 0.6) is 11.5 Å². The first-order valence-corrected chi connectivity index (χ1v) is 11.9. The molecule has 0 bridgehead atoms. The van der Waals surface area contributed by atoms with Gasteiger partial charge in [0.25, 0.3) is 11.8 Å². The number of aromatic nitrogens is 2. The molecule has 5 rings (SSSR count). The van der Waals surface area contributed by atoms with E-state index < -0.39 is 5.82 Å². The average Bonchev–Trinajstić information content (AvgIpc) is 3.23. The molecule has 190 valence electrons. The zero-order chi connectivity index (χ0) is 25.9. The number of amides is 2. The number of hydrogen-bond donors (Lipinski definition) is 2. The number of hydrogen-bond acceptors (Lipinski definition) is 6. The number of methoxy groups -OCH3 is 1. The van der Waals surface area contributed by atoms with Gasteiger partial charge in [0.15, 0.2) is 17.3 Å². The van der Waals surface area contributed by atoms with E-state index in [9.17, 15) is 14.0 Å². The largest absolute Gasteiger partial charge is 0.492 e. The van der Waals surface area contributed by atoms with Crippen LogP contribution in [0.15, 0.2) is 42.9 Å². The second-order valence-corrected chi connectivity index (χ2v) is 8.66. The SMILES string of the molecule is CC#CC(=O)N1CC[C@H]1COc1cnccc1-n1cc(Nc2cccc(F)c2OC)c2c1CCNC2=O. The maximum atomic E-state index is 14.3. The Morgan fingerprint density at radius 2 is 2.19 bits per heavy atom. The van der Waals surface area contributed by atoms with E-state index in [1.54, 1.807) is 48.6 Å². The van der Waals surface area contributed by atoms with Gasteiger partial charge in [-0.3, -0.25) is 14.6 Å². The number of carbonyl (C=O) groups excluding carboxylic acids is 2. The molecule has 1 saturated heterocycles. The highest BCUT2D eigenvalue weighted by Gasteiger charge is 2.32. The van der Waals surface area contributed by atoms with Crippen LogP contribution >= 0.6 is 0 Å². The molecule has 1 fully saturated rings. The van der Waals surface area contributed by atoms with Crippen molar-refractivity contribution in [3.05, 3.63) is 59.9 Å². The lowest BCUT2D eigenvalue weighted by Crippen LogP contribution is -2.53. The lowest BCUT2D eigenvalue weighted by Gasteiger charge is -2.39. The number of nitrogens with zero attached hydrogens (tertiary/aromatic N) is 3. The fraction of sp³-hybridized carbons (Fsp3) is 0.296. The molecule has 0 radical (unpaired) electrons. The van der Waals surface area contributed by atoms with Crippen molar-refractivity contribution in [3.63, 3.8) is 0 Å². The van der Waals surface area contributed by atoms with E-state index in [0.29, 0.717) is 54.5 Å². The number of anilines is 2. The second kappa shape index (κ2) is 10.2. The van der Waals surface area contributed by atoms with Gasteiger partial charge in [0.05, 0.1) is 42.0 Å². The van der Waals surface area contributed by atoms with Crippen molar-refractivity contribution >= 4 is 23.2 Å². The Bertz CT molecular complexity index is 1420. The zero-order valence-electron chi connectivity index (χ0n) is 20.5. The van der Waals surface area contributed by atoms with E-state index in [1.165, 1.54) is 13.2 Å². The maximum absolute atomic E-state index is 14.3. The Kier molecular flexibility index (Phi) is 6.68. The molecule has 2 aliphatic heterocycles. The summed E-state index contributed by atoms with van der Waals surface area (Å²) in [6, 6.07) is 6.30. The number of fused-ring (bicyclic) bond motifs is 1. The fourth-order valence-corrected chi connectivity index (χ4v) is 4.63. The van der Waals surface area contributed by atoms with E-state index in [2.05, 4.69) is 27.5 Å². The van der Waals surface area contributed by atoms with Gasteiger partial charge in [-0.25, -0.2) is 4.39 Å². The molecule has 2 aromatic heterocycles. The quantitative estimate of drug-likeness (QED) is 0.481. The van der Waals surface area contributed by atoms with Gasteiger partial charge in [-0.15, -0.1) is 0 Å². The predicted molar refractivity (Wildman–Crippen MR) is 135 cm³/mol. The number of benzene rings is 1. The van der Waals surface area contributed by atoms with Gasteiger partial charge in [0, 0.05) is 37.6 Å². The van der Waals surface area contributed by atoms with E-state index in [0.717, 1.165) is 12.1 Å². The minimum Gasteiger partial charge on any atom is -0.492 e. The third-order valence-corrected chi connectivity index (χ3v) is 6.51. The van der Waals surface area contributed by atoms with E-state index in [-0.39, 0.29) is 23.6 Å². The van der Waals surface area contributed by atoms with Crippen LogP contribution in [0.1, 0.15) is 29.4 Å². The number of halogens is 1. The van der Waals surface area contributed by atoms with Crippen molar-refractivity contribution < 1.29 is 23.5 Å². The minimum atomic E-state index is -0.511. The molecule has 0 aliphatic carbocycles. The molecule has 9 nitrogen and oxygen atoms in total. The van der Waals surface area contributed by atoms with E-state index in [4.69, 9.17) is 9.47 Å². The summed E-state index contributed by atoms with van der Waals surface area (Å²) in [6.45, 7) is 3.07. The summed E-state index contributed by atoms with van der Waals surface area (Å²) in [7, 11) is 1.39. The highest BCUT2D eigenvalue weighted by atomic mass is 19.1. The summed E-state index contributed by atoms with van der Waals surface area (Å²) < 4.78 is 27.6. The molecule has 4 heterocycles.